The molecule has 0 saturated carbocycles. The number of aryl methyl sites for hydroxylation is 1. The molecular formula is C36H38N4O4. The van der Waals surface area contributed by atoms with E-state index < -0.39 is 11.8 Å². The van der Waals surface area contributed by atoms with E-state index >= 15 is 0 Å². The third-order valence-corrected chi connectivity index (χ3v) is 6.95. The van der Waals surface area contributed by atoms with Gasteiger partial charge in [0.25, 0.3) is 0 Å². The van der Waals surface area contributed by atoms with Crippen LogP contribution in [0.1, 0.15) is 51.9 Å². The normalized spacial score (nSPS) is 11.3. The van der Waals surface area contributed by atoms with Crippen molar-refractivity contribution in [3.63, 3.8) is 0 Å². The van der Waals surface area contributed by atoms with Gasteiger partial charge in [-0.3, -0.25) is 0 Å². The molecule has 1 aromatic heterocycles. The van der Waals surface area contributed by atoms with E-state index in [1.165, 1.54) is 0 Å². The van der Waals surface area contributed by atoms with Gasteiger partial charge in [0.1, 0.15) is 17.2 Å². The molecule has 0 saturated heterocycles. The molecule has 8 heteroatoms. The lowest BCUT2D eigenvalue weighted by molar-refractivity contribution is 0.0207. The van der Waals surface area contributed by atoms with Gasteiger partial charge in [0.2, 0.25) is 0 Å². The molecule has 5 aromatic rings. The number of nitrogens with zero attached hydrogens (tertiary/aromatic N) is 2. The first-order valence-corrected chi connectivity index (χ1v) is 14.9. The molecule has 0 unspecified atom stereocenters. The molecule has 0 atom stereocenters. The number of carbonyl (C=O) groups excluding carboxylic acids is 2. The molecule has 0 aliphatic carbocycles. The van der Waals surface area contributed by atoms with Gasteiger partial charge in [-0.25, -0.2) is 14.6 Å². The second kappa shape index (κ2) is 13.5. The van der Waals surface area contributed by atoms with Crippen molar-refractivity contribution in [2.24, 2.45) is 0 Å². The van der Waals surface area contributed by atoms with Crippen LogP contribution in [0.4, 0.5) is 21.0 Å². The Morgan fingerprint density at radius 3 is 2.27 bits per heavy atom. The number of hydrogen-bond donors (Lipinski definition) is 2. The van der Waals surface area contributed by atoms with Crippen LogP contribution < -0.4 is 15.4 Å². The van der Waals surface area contributed by atoms with Crippen LogP contribution in [-0.4, -0.2) is 27.3 Å². The van der Waals surface area contributed by atoms with Crippen molar-refractivity contribution in [1.82, 2.24) is 9.55 Å². The highest BCUT2D eigenvalue weighted by Crippen LogP contribution is 2.31. The summed E-state index contributed by atoms with van der Waals surface area (Å²) in [6.07, 6.45) is 2.21. The third-order valence-electron chi connectivity index (χ3n) is 6.95. The Bertz CT molecular complexity index is 1740. The number of urea groups is 1. The van der Waals surface area contributed by atoms with E-state index in [1.807, 2.05) is 78.9 Å². The molecule has 0 aliphatic heterocycles. The standard InChI is InChI=1S/C36H38N4O4/c1-5-6-16-33-39-30-22-21-28(38-34(41)37-27-12-8-7-9-13-27)23-31(30)40(33)24-25-17-19-26(20-18-25)29-14-10-11-15-32(29)43-35(42)44-36(2,3)4/h7-15,17-23H,5-6,16,24H2,1-4H3,(H2,37,38,41). The Labute approximate surface area is 258 Å². The van der Waals surface area contributed by atoms with Gasteiger partial charge in [0.15, 0.2) is 0 Å². The van der Waals surface area contributed by atoms with Crippen LogP contribution >= 0.6 is 0 Å². The highest BCUT2D eigenvalue weighted by atomic mass is 16.7. The maximum Gasteiger partial charge on any atom is 0.514 e. The lowest BCUT2D eigenvalue weighted by atomic mass is 10.0. The van der Waals surface area contributed by atoms with Crippen molar-refractivity contribution in [2.75, 3.05) is 10.6 Å². The highest BCUT2D eigenvalue weighted by molar-refractivity contribution is 6.00. The van der Waals surface area contributed by atoms with Gasteiger partial charge >= 0.3 is 12.2 Å². The Morgan fingerprint density at radius 2 is 1.55 bits per heavy atom. The van der Waals surface area contributed by atoms with Crippen LogP contribution in [0.2, 0.25) is 0 Å². The number of unbranched alkanes of at least 4 members (excludes halogenated alkanes) is 1. The molecule has 226 valence electrons. The summed E-state index contributed by atoms with van der Waals surface area (Å²) in [5.41, 5.74) is 5.41. The third kappa shape index (κ3) is 7.83. The maximum absolute atomic E-state index is 12.7. The minimum atomic E-state index is -0.737. The number of benzene rings is 4. The quantitative estimate of drug-likeness (QED) is 0.132. The van der Waals surface area contributed by atoms with Gasteiger partial charge in [0, 0.05) is 29.9 Å². The first-order valence-electron chi connectivity index (χ1n) is 14.9. The zero-order valence-electron chi connectivity index (χ0n) is 25.6. The molecule has 4 aromatic carbocycles. The Balaban J connectivity index is 1.37. The zero-order valence-corrected chi connectivity index (χ0v) is 25.6. The number of nitrogens with one attached hydrogen (secondary N) is 2. The lowest BCUT2D eigenvalue weighted by Crippen LogP contribution is -2.26. The molecule has 0 aliphatic rings. The van der Waals surface area contributed by atoms with Crippen molar-refractivity contribution in [2.45, 2.75) is 59.1 Å². The number of rotatable bonds is 9. The molecule has 0 bridgehead atoms. The fourth-order valence-corrected chi connectivity index (χ4v) is 4.89. The molecule has 5 rings (SSSR count). The minimum absolute atomic E-state index is 0.306. The zero-order chi connectivity index (χ0) is 31.1. The smallest absolute Gasteiger partial charge is 0.428 e. The topological polar surface area (TPSA) is 94.5 Å². The summed E-state index contributed by atoms with van der Waals surface area (Å²) in [4.78, 5) is 29.9. The Kier molecular flexibility index (Phi) is 9.29. The van der Waals surface area contributed by atoms with Crippen molar-refractivity contribution < 1.29 is 19.1 Å². The molecular weight excluding hydrogens is 552 g/mol. The van der Waals surface area contributed by atoms with E-state index in [0.29, 0.717) is 18.0 Å². The monoisotopic (exact) mass is 590 g/mol. The van der Waals surface area contributed by atoms with E-state index in [1.54, 1.807) is 26.8 Å². The fourth-order valence-electron chi connectivity index (χ4n) is 4.89. The largest absolute Gasteiger partial charge is 0.514 e. The summed E-state index contributed by atoms with van der Waals surface area (Å²) in [6, 6.07) is 30.5. The second-order valence-electron chi connectivity index (χ2n) is 11.6. The van der Waals surface area contributed by atoms with Crippen molar-refractivity contribution >= 4 is 34.6 Å². The molecule has 0 fully saturated rings. The number of para-hydroxylation sites is 2. The first-order chi connectivity index (χ1) is 21.2. The number of aromatic nitrogens is 2. The summed E-state index contributed by atoms with van der Waals surface area (Å²) in [6.45, 7) is 8.19. The summed E-state index contributed by atoms with van der Waals surface area (Å²) < 4.78 is 13.1. The van der Waals surface area contributed by atoms with Crippen LogP contribution in [-0.2, 0) is 17.7 Å². The Hall–Kier alpha value is -5.11. The Morgan fingerprint density at radius 1 is 0.841 bits per heavy atom. The molecule has 44 heavy (non-hydrogen) atoms. The van der Waals surface area contributed by atoms with E-state index in [9.17, 15) is 9.59 Å². The highest BCUT2D eigenvalue weighted by Gasteiger charge is 2.20. The predicted molar refractivity (Wildman–Crippen MR) is 175 cm³/mol. The van der Waals surface area contributed by atoms with Crippen LogP contribution in [0.15, 0.2) is 97.1 Å². The first kappa shape index (κ1) is 30.4. The number of hydrogen-bond acceptors (Lipinski definition) is 5. The summed E-state index contributed by atoms with van der Waals surface area (Å²) in [5.74, 6) is 1.45. The van der Waals surface area contributed by atoms with Gasteiger partial charge in [-0.15, -0.1) is 0 Å². The number of imidazole rings is 1. The van der Waals surface area contributed by atoms with Crippen molar-refractivity contribution in [3.8, 4) is 16.9 Å². The molecule has 8 nitrogen and oxygen atoms in total. The molecule has 2 N–H and O–H groups in total. The van der Waals surface area contributed by atoms with Crippen LogP contribution in [0.25, 0.3) is 22.2 Å². The summed E-state index contributed by atoms with van der Waals surface area (Å²) >= 11 is 0. The number of amides is 2. The van der Waals surface area contributed by atoms with Gasteiger partial charge < -0.3 is 24.7 Å². The molecule has 0 spiro atoms. The number of anilines is 2. The molecule has 0 radical (unpaired) electrons. The fraction of sp³-hybridized carbons (Fsp3) is 0.250. The van der Waals surface area contributed by atoms with Crippen molar-refractivity contribution in [1.29, 1.82) is 0 Å². The van der Waals surface area contributed by atoms with Gasteiger partial charge in [-0.2, -0.15) is 0 Å². The van der Waals surface area contributed by atoms with Gasteiger partial charge in [-0.05, 0) is 74.7 Å². The maximum atomic E-state index is 12.7. The lowest BCUT2D eigenvalue weighted by Gasteiger charge is -2.19. The molecule has 1 heterocycles. The molecule has 2 amide bonds. The second-order valence-corrected chi connectivity index (χ2v) is 11.6. The predicted octanol–water partition coefficient (Wildman–Crippen LogP) is 9.05. The average molecular weight is 591 g/mol. The average Bonchev–Trinajstić information content (AvgIpc) is 3.32. The van der Waals surface area contributed by atoms with Gasteiger partial charge in [0.05, 0.1) is 11.0 Å². The van der Waals surface area contributed by atoms with Crippen molar-refractivity contribution in [3.05, 3.63) is 108 Å². The van der Waals surface area contributed by atoms with Crippen LogP contribution in [0.5, 0.6) is 5.75 Å². The van der Waals surface area contributed by atoms with E-state index in [-0.39, 0.29) is 6.03 Å². The summed E-state index contributed by atoms with van der Waals surface area (Å²) in [5, 5.41) is 5.81. The minimum Gasteiger partial charge on any atom is -0.428 e. The number of ether oxygens (including phenoxy) is 2. The van der Waals surface area contributed by atoms with E-state index in [0.717, 1.165) is 58.5 Å². The van der Waals surface area contributed by atoms with Crippen LogP contribution in [0, 0.1) is 0 Å². The van der Waals surface area contributed by atoms with E-state index in [2.05, 4.69) is 34.3 Å². The summed E-state index contributed by atoms with van der Waals surface area (Å²) in [7, 11) is 0. The van der Waals surface area contributed by atoms with Crippen LogP contribution in [0.3, 0.4) is 0 Å². The SMILES string of the molecule is CCCCc1nc2ccc(NC(=O)Nc3ccccc3)cc2n1Cc1ccc(-c2ccccc2OC(=O)OC(C)(C)C)cc1. The number of fused-ring (bicyclic) bond motifs is 1. The van der Waals surface area contributed by atoms with E-state index in [4.69, 9.17) is 14.5 Å². The van der Waals surface area contributed by atoms with Gasteiger partial charge in [-0.1, -0.05) is 74.0 Å². The number of carbonyl (C=O) groups is 2.